The van der Waals surface area contributed by atoms with E-state index in [1.807, 2.05) is 18.2 Å². The Labute approximate surface area is 93.5 Å². The van der Waals surface area contributed by atoms with Gasteiger partial charge in [-0.15, -0.1) is 0 Å². The molecule has 82 valence electrons. The average Bonchev–Trinajstić information content (AvgIpc) is 3.00. The van der Waals surface area contributed by atoms with E-state index in [2.05, 4.69) is 4.98 Å². The van der Waals surface area contributed by atoms with Crippen LogP contribution >= 0.6 is 0 Å². The normalized spacial score (nSPS) is 16.9. The smallest absolute Gasteiger partial charge is 0.332 e. The van der Waals surface area contributed by atoms with E-state index in [1.54, 1.807) is 12.3 Å². The molecular weight excluding hydrogens is 204 g/mol. The van der Waals surface area contributed by atoms with E-state index in [0.717, 1.165) is 18.5 Å². The molecule has 1 N–H and O–H groups in total. The number of esters is 1. The van der Waals surface area contributed by atoms with Gasteiger partial charge < -0.3 is 9.72 Å². The highest BCUT2D eigenvalue weighted by molar-refractivity contribution is 5.87. The molecule has 0 aliphatic heterocycles. The fourth-order valence-corrected chi connectivity index (χ4v) is 1.40. The molecule has 0 radical (unpaired) electrons. The maximum absolute atomic E-state index is 11.4. The van der Waals surface area contributed by atoms with Crippen LogP contribution < -0.4 is 0 Å². The lowest BCUT2D eigenvalue weighted by Crippen LogP contribution is -2.16. The number of carbonyl (C=O) groups excluding carboxylic acids is 1. The summed E-state index contributed by atoms with van der Waals surface area (Å²) in [6.07, 6.45) is 6.11. The molecule has 1 heterocycles. The molecular formula is C12H12N2O2. The molecule has 1 saturated carbocycles. The summed E-state index contributed by atoms with van der Waals surface area (Å²) in [7, 11) is 0. The molecule has 1 aliphatic carbocycles. The molecule has 1 aromatic rings. The van der Waals surface area contributed by atoms with Gasteiger partial charge in [0, 0.05) is 23.9 Å². The van der Waals surface area contributed by atoms with Crippen molar-refractivity contribution < 1.29 is 9.53 Å². The van der Waals surface area contributed by atoms with Crippen LogP contribution in [-0.2, 0) is 9.53 Å². The number of carbonyl (C=O) groups is 1. The highest BCUT2D eigenvalue weighted by Crippen LogP contribution is 2.34. The predicted octanol–water partition coefficient (Wildman–Crippen LogP) is 1.87. The van der Waals surface area contributed by atoms with Crippen molar-refractivity contribution in [1.82, 2.24) is 4.98 Å². The number of nitrogens with zero attached hydrogens (tertiary/aromatic N) is 1. The van der Waals surface area contributed by atoms with Crippen LogP contribution in [0.4, 0.5) is 0 Å². The lowest BCUT2D eigenvalue weighted by Gasteiger charge is -2.06. The summed E-state index contributed by atoms with van der Waals surface area (Å²) in [6.45, 7) is 0. The molecule has 1 fully saturated rings. The summed E-state index contributed by atoms with van der Waals surface area (Å²) >= 11 is 0. The van der Waals surface area contributed by atoms with Gasteiger partial charge >= 0.3 is 5.97 Å². The minimum atomic E-state index is -0.583. The largest absolute Gasteiger partial charge is 0.443 e. The Balaban J connectivity index is 1.86. The van der Waals surface area contributed by atoms with Gasteiger partial charge in [0.05, 0.1) is 0 Å². The van der Waals surface area contributed by atoms with Crippen molar-refractivity contribution in [3.63, 3.8) is 0 Å². The maximum atomic E-state index is 11.4. The minimum Gasteiger partial charge on any atom is -0.443 e. The summed E-state index contributed by atoms with van der Waals surface area (Å²) in [6, 6.07) is 5.68. The van der Waals surface area contributed by atoms with Crippen molar-refractivity contribution in [2.75, 3.05) is 0 Å². The fourth-order valence-electron chi connectivity index (χ4n) is 1.40. The predicted molar refractivity (Wildman–Crippen MR) is 58.0 cm³/mol. The van der Waals surface area contributed by atoms with Gasteiger partial charge in [-0.1, -0.05) is 0 Å². The molecule has 1 unspecified atom stereocenters. The molecule has 0 bridgehead atoms. The van der Waals surface area contributed by atoms with E-state index in [1.165, 1.54) is 6.08 Å². The van der Waals surface area contributed by atoms with E-state index in [-0.39, 0.29) is 5.92 Å². The number of aromatic nitrogens is 1. The molecule has 1 aliphatic rings. The Morgan fingerprint density at radius 2 is 2.50 bits per heavy atom. The van der Waals surface area contributed by atoms with Crippen molar-refractivity contribution in [3.05, 3.63) is 30.1 Å². The van der Waals surface area contributed by atoms with Gasteiger partial charge in [-0.05, 0) is 31.1 Å². The Bertz CT molecular complexity index is 424. The first kappa shape index (κ1) is 10.5. The monoisotopic (exact) mass is 216 g/mol. The quantitative estimate of drug-likeness (QED) is 0.617. The first-order chi connectivity index (χ1) is 7.79. The van der Waals surface area contributed by atoms with E-state index in [0.29, 0.717) is 0 Å². The van der Waals surface area contributed by atoms with Gasteiger partial charge in [0.2, 0.25) is 0 Å². The molecule has 4 heteroatoms. The first-order valence-electron chi connectivity index (χ1n) is 5.21. The molecule has 16 heavy (non-hydrogen) atoms. The summed E-state index contributed by atoms with van der Waals surface area (Å²) in [5.41, 5.74) is 0.830. The zero-order chi connectivity index (χ0) is 11.4. The number of ether oxygens (including phenoxy) is 1. The molecule has 0 saturated heterocycles. The number of hydrogen-bond acceptors (Lipinski definition) is 3. The number of hydrogen-bond donors (Lipinski definition) is 1. The number of H-pyrrole nitrogens is 1. The molecule has 2 rings (SSSR count). The van der Waals surface area contributed by atoms with Crippen LogP contribution in [0.2, 0.25) is 0 Å². The summed E-state index contributed by atoms with van der Waals surface area (Å²) in [4.78, 5) is 14.3. The van der Waals surface area contributed by atoms with Gasteiger partial charge in [-0.2, -0.15) is 5.26 Å². The number of nitrogens with one attached hydrogen (secondary N) is 1. The third-order valence-electron chi connectivity index (χ3n) is 2.44. The SMILES string of the molecule is N#CC(OC(=O)C=Cc1ccc[nH]1)C1CC1. The Hall–Kier alpha value is -2.02. The highest BCUT2D eigenvalue weighted by Gasteiger charge is 2.33. The van der Waals surface area contributed by atoms with Gasteiger partial charge in [-0.3, -0.25) is 0 Å². The Morgan fingerprint density at radius 1 is 1.69 bits per heavy atom. The second-order valence-electron chi connectivity index (χ2n) is 3.78. The van der Waals surface area contributed by atoms with E-state index >= 15 is 0 Å². The van der Waals surface area contributed by atoms with Crippen LogP contribution in [0.15, 0.2) is 24.4 Å². The standard InChI is InChI=1S/C12H12N2O2/c13-8-11(9-3-4-9)16-12(15)6-5-10-2-1-7-14-10/h1-2,5-7,9,11,14H,3-4H2. The van der Waals surface area contributed by atoms with E-state index in [4.69, 9.17) is 10.00 Å². The van der Waals surface area contributed by atoms with Crippen molar-refractivity contribution in [3.8, 4) is 6.07 Å². The lowest BCUT2D eigenvalue weighted by molar-refractivity contribution is -0.141. The topological polar surface area (TPSA) is 65.9 Å². The van der Waals surface area contributed by atoms with E-state index < -0.39 is 12.1 Å². The minimum absolute atomic E-state index is 0.243. The highest BCUT2D eigenvalue weighted by atomic mass is 16.5. The van der Waals surface area contributed by atoms with Crippen LogP contribution in [-0.4, -0.2) is 17.1 Å². The van der Waals surface area contributed by atoms with Gasteiger partial charge in [0.1, 0.15) is 6.07 Å². The van der Waals surface area contributed by atoms with Crippen molar-refractivity contribution in [1.29, 1.82) is 5.26 Å². The summed E-state index contributed by atoms with van der Waals surface area (Å²) in [5.74, 6) is -0.221. The number of rotatable bonds is 4. The van der Waals surface area contributed by atoms with Crippen molar-refractivity contribution in [2.45, 2.75) is 18.9 Å². The zero-order valence-electron chi connectivity index (χ0n) is 8.72. The van der Waals surface area contributed by atoms with Crippen molar-refractivity contribution >= 4 is 12.0 Å². The zero-order valence-corrected chi connectivity index (χ0v) is 8.72. The third-order valence-corrected chi connectivity index (χ3v) is 2.44. The van der Waals surface area contributed by atoms with Crippen LogP contribution in [0.25, 0.3) is 6.08 Å². The second-order valence-corrected chi connectivity index (χ2v) is 3.78. The van der Waals surface area contributed by atoms with Crippen LogP contribution in [0.1, 0.15) is 18.5 Å². The molecule has 1 aromatic heterocycles. The Morgan fingerprint density at radius 3 is 3.06 bits per heavy atom. The van der Waals surface area contributed by atoms with Crippen LogP contribution in [0.5, 0.6) is 0 Å². The summed E-state index contributed by atoms with van der Waals surface area (Å²) < 4.78 is 5.02. The van der Waals surface area contributed by atoms with Gasteiger partial charge in [-0.25, -0.2) is 4.79 Å². The molecule has 0 spiro atoms. The third kappa shape index (κ3) is 2.74. The molecule has 1 atom stereocenters. The van der Waals surface area contributed by atoms with Crippen molar-refractivity contribution in [2.24, 2.45) is 5.92 Å². The first-order valence-corrected chi connectivity index (χ1v) is 5.21. The fraction of sp³-hybridized carbons (Fsp3) is 0.333. The lowest BCUT2D eigenvalue weighted by atomic mass is 10.2. The number of aromatic amines is 1. The molecule has 0 aromatic carbocycles. The second kappa shape index (κ2) is 4.67. The van der Waals surface area contributed by atoms with Gasteiger partial charge in [0.25, 0.3) is 0 Å². The van der Waals surface area contributed by atoms with Crippen LogP contribution in [0.3, 0.4) is 0 Å². The number of nitriles is 1. The molecule has 4 nitrogen and oxygen atoms in total. The average molecular weight is 216 g/mol. The molecule has 0 amide bonds. The maximum Gasteiger partial charge on any atom is 0.332 e. The Kier molecular flexibility index (Phi) is 3.06. The summed E-state index contributed by atoms with van der Waals surface area (Å²) in [5, 5.41) is 8.78. The van der Waals surface area contributed by atoms with E-state index in [9.17, 15) is 4.79 Å². The van der Waals surface area contributed by atoms with Gasteiger partial charge in [0.15, 0.2) is 6.10 Å². The van der Waals surface area contributed by atoms with Crippen LogP contribution in [0, 0.1) is 17.2 Å².